The van der Waals surface area contributed by atoms with Crippen LogP contribution in [0.15, 0.2) is 30.3 Å². The molecule has 2 heteroatoms. The summed E-state index contributed by atoms with van der Waals surface area (Å²) in [6, 6.07) is 10.1. The minimum atomic E-state index is -0.741. The molecule has 0 aromatic heterocycles. The van der Waals surface area contributed by atoms with Crippen LogP contribution in [0.2, 0.25) is 0 Å². The molecule has 2 nitrogen and oxygen atoms in total. The van der Waals surface area contributed by atoms with Crippen LogP contribution in [0.3, 0.4) is 0 Å². The van der Waals surface area contributed by atoms with Gasteiger partial charge in [0, 0.05) is 6.61 Å². The van der Waals surface area contributed by atoms with E-state index in [0.29, 0.717) is 5.92 Å². The molecule has 1 aromatic carbocycles. The Morgan fingerprint density at radius 3 is 2.55 bits per heavy atom. The van der Waals surface area contributed by atoms with Gasteiger partial charge in [-0.2, -0.15) is 0 Å². The van der Waals surface area contributed by atoms with Crippen LogP contribution in [0.5, 0.6) is 0 Å². The van der Waals surface area contributed by atoms with E-state index in [1.54, 1.807) is 0 Å². The second-order valence-corrected chi connectivity index (χ2v) is 6.80. The molecule has 1 aliphatic heterocycles. The Morgan fingerprint density at radius 1 is 1.15 bits per heavy atom. The van der Waals surface area contributed by atoms with Gasteiger partial charge in [-0.1, -0.05) is 49.6 Å². The first kappa shape index (κ1) is 14.1. The number of benzene rings is 1. The quantitative estimate of drug-likeness (QED) is 0.882. The zero-order valence-electron chi connectivity index (χ0n) is 12.5. The maximum atomic E-state index is 11.1. The van der Waals surface area contributed by atoms with Crippen molar-refractivity contribution in [3.63, 3.8) is 0 Å². The molecule has 0 radical (unpaired) electrons. The Morgan fingerprint density at radius 2 is 1.85 bits per heavy atom. The monoisotopic (exact) mass is 274 g/mol. The lowest BCUT2D eigenvalue weighted by molar-refractivity contribution is -0.154. The smallest absolute Gasteiger partial charge is 0.0898 e. The molecule has 2 atom stereocenters. The molecule has 0 amide bonds. The summed E-state index contributed by atoms with van der Waals surface area (Å²) in [4.78, 5) is 0. The molecule has 2 aliphatic rings. The molecule has 1 N–H and O–H groups in total. The van der Waals surface area contributed by atoms with Crippen molar-refractivity contribution in [1.82, 2.24) is 0 Å². The highest BCUT2D eigenvalue weighted by atomic mass is 16.5. The summed E-state index contributed by atoms with van der Waals surface area (Å²) in [6.07, 6.45) is 8.21. The first-order valence-electron chi connectivity index (χ1n) is 8.04. The average Bonchev–Trinajstić information content (AvgIpc) is 2.49. The van der Waals surface area contributed by atoms with E-state index in [1.807, 2.05) is 37.3 Å². The highest BCUT2D eigenvalue weighted by Crippen LogP contribution is 2.46. The van der Waals surface area contributed by atoms with Crippen molar-refractivity contribution in [2.75, 3.05) is 6.61 Å². The normalized spacial score (nSPS) is 29.0. The van der Waals surface area contributed by atoms with Crippen LogP contribution in [0, 0.1) is 5.92 Å². The van der Waals surface area contributed by atoms with Gasteiger partial charge in [0.2, 0.25) is 0 Å². The van der Waals surface area contributed by atoms with Crippen molar-refractivity contribution in [2.24, 2.45) is 5.92 Å². The summed E-state index contributed by atoms with van der Waals surface area (Å²) in [5.41, 5.74) is 0.355. The summed E-state index contributed by atoms with van der Waals surface area (Å²) in [6.45, 7) is 2.78. The summed E-state index contributed by atoms with van der Waals surface area (Å²) in [5.74, 6) is 0.303. The Bertz CT molecular complexity index is 426. The van der Waals surface area contributed by atoms with Gasteiger partial charge in [0.1, 0.15) is 0 Å². The van der Waals surface area contributed by atoms with Gasteiger partial charge in [-0.3, -0.25) is 0 Å². The van der Waals surface area contributed by atoms with Gasteiger partial charge in [-0.15, -0.1) is 0 Å². The summed E-state index contributed by atoms with van der Waals surface area (Å²) >= 11 is 0. The van der Waals surface area contributed by atoms with E-state index in [0.717, 1.165) is 25.0 Å². The fourth-order valence-electron chi connectivity index (χ4n) is 4.06. The van der Waals surface area contributed by atoms with E-state index in [4.69, 9.17) is 4.74 Å². The van der Waals surface area contributed by atoms with Gasteiger partial charge in [0.15, 0.2) is 0 Å². The molecule has 0 bridgehead atoms. The summed E-state index contributed by atoms with van der Waals surface area (Å²) in [5, 5.41) is 11.1. The molecule has 20 heavy (non-hydrogen) atoms. The Kier molecular flexibility index (Phi) is 3.87. The predicted molar refractivity (Wildman–Crippen MR) is 80.5 cm³/mol. The van der Waals surface area contributed by atoms with E-state index in [1.165, 1.54) is 32.1 Å². The minimum absolute atomic E-state index is 0.0555. The predicted octanol–water partition coefficient (Wildman–Crippen LogP) is 4.02. The highest BCUT2D eigenvalue weighted by molar-refractivity contribution is 5.23. The van der Waals surface area contributed by atoms with Gasteiger partial charge in [0.05, 0.1) is 11.2 Å². The van der Waals surface area contributed by atoms with Gasteiger partial charge < -0.3 is 9.84 Å². The van der Waals surface area contributed by atoms with E-state index in [2.05, 4.69) is 0 Å². The largest absolute Gasteiger partial charge is 0.385 e. The van der Waals surface area contributed by atoms with Crippen LogP contribution in [0.1, 0.15) is 57.4 Å². The van der Waals surface area contributed by atoms with E-state index >= 15 is 0 Å². The highest BCUT2D eigenvalue weighted by Gasteiger charge is 2.44. The van der Waals surface area contributed by atoms with Gasteiger partial charge >= 0.3 is 0 Å². The van der Waals surface area contributed by atoms with Crippen molar-refractivity contribution in [3.8, 4) is 0 Å². The van der Waals surface area contributed by atoms with Crippen molar-refractivity contribution in [2.45, 2.75) is 63.1 Å². The van der Waals surface area contributed by atoms with E-state index in [-0.39, 0.29) is 5.60 Å². The molecule has 1 heterocycles. The molecule has 1 aromatic rings. The Labute approximate surface area is 122 Å². The van der Waals surface area contributed by atoms with Crippen LogP contribution in [-0.2, 0) is 10.3 Å². The van der Waals surface area contributed by atoms with Gasteiger partial charge in [0.25, 0.3) is 0 Å². The van der Waals surface area contributed by atoms with Crippen LogP contribution < -0.4 is 0 Å². The standard InChI is InChI=1S/C18H26O2/c1-17(19,15-8-4-2-5-9-15)16-10-13-20-18(14-16)11-6-3-7-12-18/h2,4-5,8-9,16,19H,3,6-7,10-14H2,1H3. The molecular formula is C18H26O2. The van der Waals surface area contributed by atoms with Crippen LogP contribution in [0.25, 0.3) is 0 Å². The molecule has 3 rings (SSSR count). The third-order valence-corrected chi connectivity index (χ3v) is 5.41. The lowest BCUT2D eigenvalue weighted by Gasteiger charge is -2.47. The van der Waals surface area contributed by atoms with Gasteiger partial charge in [-0.05, 0) is 44.1 Å². The van der Waals surface area contributed by atoms with Crippen molar-refractivity contribution in [3.05, 3.63) is 35.9 Å². The van der Waals surface area contributed by atoms with Crippen molar-refractivity contribution in [1.29, 1.82) is 0 Å². The third kappa shape index (κ3) is 2.64. The molecule has 2 fully saturated rings. The molecule has 2 unspecified atom stereocenters. The van der Waals surface area contributed by atoms with Crippen LogP contribution in [0.4, 0.5) is 0 Å². The SMILES string of the molecule is CC(O)(c1ccccc1)C1CCOC2(CCCCC2)C1. The second kappa shape index (κ2) is 5.50. The van der Waals surface area contributed by atoms with Crippen LogP contribution in [-0.4, -0.2) is 17.3 Å². The average molecular weight is 274 g/mol. The Balaban J connectivity index is 1.79. The topological polar surface area (TPSA) is 29.5 Å². The third-order valence-electron chi connectivity index (χ3n) is 5.41. The Hall–Kier alpha value is -0.860. The maximum absolute atomic E-state index is 11.1. The molecule has 1 saturated heterocycles. The fourth-order valence-corrected chi connectivity index (χ4v) is 4.06. The summed E-state index contributed by atoms with van der Waals surface area (Å²) in [7, 11) is 0. The van der Waals surface area contributed by atoms with Crippen LogP contribution >= 0.6 is 0 Å². The van der Waals surface area contributed by atoms with Crippen molar-refractivity contribution >= 4 is 0 Å². The number of ether oxygens (including phenoxy) is 1. The maximum Gasteiger partial charge on any atom is 0.0898 e. The zero-order chi connectivity index (χ0) is 14.1. The number of rotatable bonds is 2. The van der Waals surface area contributed by atoms with Crippen molar-refractivity contribution < 1.29 is 9.84 Å². The molecular weight excluding hydrogens is 248 g/mol. The number of aliphatic hydroxyl groups is 1. The lowest BCUT2D eigenvalue weighted by atomic mass is 9.69. The minimum Gasteiger partial charge on any atom is -0.385 e. The van der Waals surface area contributed by atoms with E-state index < -0.39 is 5.60 Å². The number of hydrogen-bond donors (Lipinski definition) is 1. The molecule has 1 saturated carbocycles. The molecule has 110 valence electrons. The molecule has 1 aliphatic carbocycles. The first-order valence-corrected chi connectivity index (χ1v) is 8.04. The van der Waals surface area contributed by atoms with E-state index in [9.17, 15) is 5.11 Å². The second-order valence-electron chi connectivity index (χ2n) is 6.80. The zero-order valence-corrected chi connectivity index (χ0v) is 12.5. The fraction of sp³-hybridized carbons (Fsp3) is 0.667. The first-order chi connectivity index (χ1) is 9.62. The van der Waals surface area contributed by atoms with Gasteiger partial charge in [-0.25, -0.2) is 0 Å². The molecule has 1 spiro atoms. The summed E-state index contributed by atoms with van der Waals surface area (Å²) < 4.78 is 6.16. The lowest BCUT2D eigenvalue weighted by Crippen LogP contribution is -2.47. The number of hydrogen-bond acceptors (Lipinski definition) is 2.